The highest BCUT2D eigenvalue weighted by atomic mass is 16.5. The van der Waals surface area contributed by atoms with Gasteiger partial charge in [0.1, 0.15) is 0 Å². The number of carbonyl (C=O) groups excluding carboxylic acids is 1. The molecule has 0 radical (unpaired) electrons. The topological polar surface area (TPSA) is 75.6 Å². The first-order valence-electron chi connectivity index (χ1n) is 6.00. The monoisotopic (exact) mass is 258 g/mol. The van der Waals surface area contributed by atoms with E-state index in [2.05, 4.69) is 5.16 Å². The van der Waals surface area contributed by atoms with Crippen molar-refractivity contribution in [2.24, 2.45) is 0 Å². The summed E-state index contributed by atoms with van der Waals surface area (Å²) in [7, 11) is 1.80. The van der Waals surface area contributed by atoms with Crippen LogP contribution in [0, 0.1) is 0 Å². The maximum absolute atomic E-state index is 11.9. The number of aromatic nitrogens is 1. The van der Waals surface area contributed by atoms with Gasteiger partial charge in [0, 0.05) is 37.5 Å². The van der Waals surface area contributed by atoms with Gasteiger partial charge in [-0.2, -0.15) is 0 Å². The van der Waals surface area contributed by atoms with Gasteiger partial charge < -0.3 is 15.2 Å². The van der Waals surface area contributed by atoms with Crippen molar-refractivity contribution < 1.29 is 9.32 Å². The molecule has 2 heterocycles. The summed E-state index contributed by atoms with van der Waals surface area (Å²) in [5.74, 6) is 0.976. The van der Waals surface area contributed by atoms with Gasteiger partial charge in [0.25, 0.3) is 0 Å². The Morgan fingerprint density at radius 2 is 2.00 bits per heavy atom. The molecule has 6 heteroatoms. The average Bonchev–Trinajstić information content (AvgIpc) is 2.98. The maximum atomic E-state index is 11.9. The summed E-state index contributed by atoms with van der Waals surface area (Å²) >= 11 is 0. The van der Waals surface area contributed by atoms with E-state index in [9.17, 15) is 4.79 Å². The molecule has 1 aliphatic heterocycles. The van der Waals surface area contributed by atoms with Crippen LogP contribution in [0.5, 0.6) is 0 Å². The highest BCUT2D eigenvalue weighted by Gasteiger charge is 2.26. The standard InChI is InChI=1S/C13H14N4O2/c1-16-6-7-17(13(16)18)10-4-2-9(3-5-10)11-8-12(14)15-19-11/h2-5,8H,6-7H2,1H3,(H2,14,15). The molecular formula is C13H14N4O2. The zero-order chi connectivity index (χ0) is 13.4. The van der Waals surface area contributed by atoms with Crippen LogP contribution in [-0.4, -0.2) is 36.2 Å². The Labute approximate surface area is 110 Å². The van der Waals surface area contributed by atoms with Crippen LogP contribution in [0.15, 0.2) is 34.9 Å². The van der Waals surface area contributed by atoms with Gasteiger partial charge in [0.15, 0.2) is 11.6 Å². The molecule has 1 aromatic heterocycles. The number of nitrogens with zero attached hydrogens (tertiary/aromatic N) is 3. The number of urea groups is 1. The maximum Gasteiger partial charge on any atom is 0.324 e. The molecule has 0 atom stereocenters. The number of anilines is 2. The number of nitrogens with two attached hydrogens (primary N) is 1. The minimum atomic E-state index is 0.0247. The van der Waals surface area contributed by atoms with Crippen LogP contribution in [-0.2, 0) is 0 Å². The molecule has 0 saturated carbocycles. The molecule has 0 aliphatic carbocycles. The Bertz CT molecular complexity index is 605. The lowest BCUT2D eigenvalue weighted by Gasteiger charge is -2.16. The van der Waals surface area contributed by atoms with Gasteiger partial charge in [0.05, 0.1) is 0 Å². The molecule has 0 spiro atoms. The minimum absolute atomic E-state index is 0.0247. The number of amides is 2. The van der Waals surface area contributed by atoms with E-state index in [-0.39, 0.29) is 6.03 Å². The Balaban J connectivity index is 1.85. The average molecular weight is 258 g/mol. The number of rotatable bonds is 2. The molecule has 6 nitrogen and oxygen atoms in total. The second-order valence-corrected chi connectivity index (χ2v) is 4.52. The first-order valence-corrected chi connectivity index (χ1v) is 6.00. The third-order valence-electron chi connectivity index (χ3n) is 3.21. The van der Waals surface area contributed by atoms with Gasteiger partial charge in [-0.15, -0.1) is 0 Å². The van der Waals surface area contributed by atoms with Crippen molar-refractivity contribution in [3.63, 3.8) is 0 Å². The summed E-state index contributed by atoms with van der Waals surface area (Å²) in [5, 5.41) is 3.65. The fourth-order valence-corrected chi connectivity index (χ4v) is 2.12. The van der Waals surface area contributed by atoms with Crippen LogP contribution in [0.4, 0.5) is 16.3 Å². The van der Waals surface area contributed by atoms with Crippen molar-refractivity contribution in [2.45, 2.75) is 0 Å². The smallest absolute Gasteiger partial charge is 0.324 e. The first-order chi connectivity index (χ1) is 9.15. The van der Waals surface area contributed by atoms with Crippen molar-refractivity contribution in [3.8, 4) is 11.3 Å². The Morgan fingerprint density at radius 3 is 2.53 bits per heavy atom. The second kappa shape index (κ2) is 4.31. The van der Waals surface area contributed by atoms with Gasteiger partial charge in [-0.25, -0.2) is 4.79 Å². The largest absolute Gasteiger partial charge is 0.381 e. The van der Waals surface area contributed by atoms with Crippen molar-refractivity contribution in [2.75, 3.05) is 30.8 Å². The van der Waals surface area contributed by atoms with Crippen LogP contribution < -0.4 is 10.6 Å². The third kappa shape index (κ3) is 2.01. The van der Waals surface area contributed by atoms with Crippen LogP contribution >= 0.6 is 0 Å². The van der Waals surface area contributed by atoms with Crippen LogP contribution in [0.3, 0.4) is 0 Å². The second-order valence-electron chi connectivity index (χ2n) is 4.52. The van der Waals surface area contributed by atoms with E-state index >= 15 is 0 Å². The minimum Gasteiger partial charge on any atom is -0.381 e. The van der Waals surface area contributed by atoms with Gasteiger partial charge in [-0.05, 0) is 24.3 Å². The Morgan fingerprint density at radius 1 is 1.26 bits per heavy atom. The molecule has 1 fully saturated rings. The lowest BCUT2D eigenvalue weighted by Crippen LogP contribution is -2.29. The normalized spacial score (nSPS) is 15.3. The molecule has 2 N–H and O–H groups in total. The Hall–Kier alpha value is -2.50. The molecule has 1 saturated heterocycles. The van der Waals surface area contributed by atoms with Crippen molar-refractivity contribution in [1.82, 2.24) is 10.1 Å². The lowest BCUT2D eigenvalue weighted by atomic mass is 10.1. The molecule has 1 aromatic carbocycles. The summed E-state index contributed by atoms with van der Waals surface area (Å²) in [5.41, 5.74) is 7.28. The zero-order valence-electron chi connectivity index (χ0n) is 10.5. The van der Waals surface area contributed by atoms with Gasteiger partial charge in [-0.1, -0.05) is 5.16 Å². The number of hydrogen-bond donors (Lipinski definition) is 1. The number of benzene rings is 1. The quantitative estimate of drug-likeness (QED) is 0.891. The molecule has 98 valence electrons. The van der Waals surface area contributed by atoms with Crippen molar-refractivity contribution in [3.05, 3.63) is 30.3 Å². The summed E-state index contributed by atoms with van der Waals surface area (Å²) < 4.78 is 5.09. The zero-order valence-corrected chi connectivity index (χ0v) is 10.5. The predicted molar refractivity (Wildman–Crippen MR) is 71.7 cm³/mol. The summed E-state index contributed by atoms with van der Waals surface area (Å²) in [6.07, 6.45) is 0. The van der Waals surface area contributed by atoms with E-state index in [1.54, 1.807) is 22.9 Å². The van der Waals surface area contributed by atoms with Gasteiger partial charge in [0.2, 0.25) is 0 Å². The molecule has 3 rings (SSSR count). The van der Waals surface area contributed by atoms with Gasteiger partial charge in [-0.3, -0.25) is 4.90 Å². The predicted octanol–water partition coefficient (Wildman–Crippen LogP) is 1.80. The van der Waals surface area contributed by atoms with E-state index in [4.69, 9.17) is 10.3 Å². The Kier molecular flexibility index (Phi) is 2.63. The van der Waals surface area contributed by atoms with E-state index in [1.807, 2.05) is 24.3 Å². The fraction of sp³-hybridized carbons (Fsp3) is 0.231. The number of nitrogen functional groups attached to an aromatic ring is 1. The number of hydrogen-bond acceptors (Lipinski definition) is 4. The molecule has 0 unspecified atom stereocenters. The summed E-state index contributed by atoms with van der Waals surface area (Å²) in [6.45, 7) is 1.46. The van der Waals surface area contributed by atoms with E-state index in [0.717, 1.165) is 17.8 Å². The van der Waals surface area contributed by atoms with Crippen LogP contribution in [0.1, 0.15) is 0 Å². The summed E-state index contributed by atoms with van der Waals surface area (Å²) in [4.78, 5) is 15.3. The number of carbonyl (C=O) groups is 1. The molecule has 2 amide bonds. The lowest BCUT2D eigenvalue weighted by molar-refractivity contribution is 0.229. The molecular weight excluding hydrogens is 244 g/mol. The summed E-state index contributed by atoms with van der Waals surface area (Å²) in [6, 6.07) is 9.26. The van der Waals surface area contributed by atoms with Crippen molar-refractivity contribution >= 4 is 17.5 Å². The fourth-order valence-electron chi connectivity index (χ4n) is 2.12. The van der Waals surface area contributed by atoms with E-state index < -0.39 is 0 Å². The highest BCUT2D eigenvalue weighted by Crippen LogP contribution is 2.26. The molecule has 19 heavy (non-hydrogen) atoms. The highest BCUT2D eigenvalue weighted by molar-refractivity contribution is 5.94. The number of likely N-dealkylation sites (N-methyl/N-ethyl adjacent to an activating group) is 1. The SMILES string of the molecule is CN1CCN(c2ccc(-c3cc(N)no3)cc2)C1=O. The van der Waals surface area contributed by atoms with E-state index in [1.165, 1.54) is 0 Å². The van der Waals surface area contributed by atoms with Crippen molar-refractivity contribution in [1.29, 1.82) is 0 Å². The third-order valence-corrected chi connectivity index (χ3v) is 3.21. The van der Waals surface area contributed by atoms with Crippen LogP contribution in [0.2, 0.25) is 0 Å². The van der Waals surface area contributed by atoms with Gasteiger partial charge >= 0.3 is 6.03 Å². The molecule has 1 aliphatic rings. The molecule has 2 aromatic rings. The first kappa shape index (κ1) is 11.6. The molecule has 0 bridgehead atoms. The van der Waals surface area contributed by atoms with Crippen LogP contribution in [0.25, 0.3) is 11.3 Å². The van der Waals surface area contributed by atoms with E-state index in [0.29, 0.717) is 18.1 Å².